The Kier molecular flexibility index (Phi) is 8.40. The van der Waals surface area contributed by atoms with E-state index >= 15 is 0 Å². The number of sulfonamides is 1. The highest BCUT2D eigenvalue weighted by atomic mass is 32.2. The lowest BCUT2D eigenvalue weighted by molar-refractivity contribution is 0.0240. The summed E-state index contributed by atoms with van der Waals surface area (Å²) in [4.78, 5) is 34.9. The Hall–Kier alpha value is -4.03. The Labute approximate surface area is 233 Å². The van der Waals surface area contributed by atoms with Gasteiger partial charge in [-0.25, -0.2) is 17.6 Å². The van der Waals surface area contributed by atoms with Crippen LogP contribution in [0.3, 0.4) is 0 Å². The second-order valence-corrected chi connectivity index (χ2v) is 12.1. The number of nitrogens with zero attached hydrogens (tertiary/aromatic N) is 3. The van der Waals surface area contributed by atoms with Crippen molar-refractivity contribution >= 4 is 27.7 Å². The van der Waals surface area contributed by atoms with E-state index in [1.807, 2.05) is 50.7 Å². The number of hydrogen-bond acceptors (Lipinski definition) is 7. The van der Waals surface area contributed by atoms with Gasteiger partial charge in [0.1, 0.15) is 16.3 Å². The van der Waals surface area contributed by atoms with Gasteiger partial charge in [-0.05, 0) is 75.7 Å². The molecular weight excluding hydrogens is 537 g/mol. The number of aryl methyl sites for hydroxylation is 1. The molecule has 1 fully saturated rings. The number of hydrogen-bond donors (Lipinski definition) is 2. The van der Waals surface area contributed by atoms with Crippen LogP contribution < -0.4 is 15.2 Å². The van der Waals surface area contributed by atoms with Crippen molar-refractivity contribution in [3.63, 3.8) is 0 Å². The highest BCUT2D eigenvalue weighted by molar-refractivity contribution is 7.89. The first-order chi connectivity index (χ1) is 18.8. The van der Waals surface area contributed by atoms with Crippen LogP contribution in [-0.4, -0.2) is 62.1 Å². The number of benzene rings is 2. The molecule has 4 rings (SSSR count). The van der Waals surface area contributed by atoms with Crippen LogP contribution in [0.5, 0.6) is 0 Å². The minimum atomic E-state index is -4.31. The zero-order valence-corrected chi connectivity index (χ0v) is 23.6. The molecule has 1 saturated heterocycles. The van der Waals surface area contributed by atoms with Crippen molar-refractivity contribution in [2.45, 2.75) is 38.2 Å². The number of piperazine rings is 1. The van der Waals surface area contributed by atoms with Gasteiger partial charge >= 0.3 is 6.09 Å². The number of hydrazine groups is 1. The van der Waals surface area contributed by atoms with E-state index in [2.05, 4.69) is 15.3 Å². The Morgan fingerprint density at radius 1 is 1.00 bits per heavy atom. The van der Waals surface area contributed by atoms with Gasteiger partial charge in [-0.1, -0.05) is 12.1 Å². The van der Waals surface area contributed by atoms with Gasteiger partial charge in [-0.3, -0.25) is 15.2 Å². The summed E-state index contributed by atoms with van der Waals surface area (Å²) in [7, 11) is -4.31. The molecule has 0 saturated carbocycles. The van der Waals surface area contributed by atoms with E-state index in [1.54, 1.807) is 23.2 Å². The fraction of sp³-hybridized carbons (Fsp3) is 0.321. The third-order valence-electron chi connectivity index (χ3n) is 6.10. The van der Waals surface area contributed by atoms with Gasteiger partial charge in [0.15, 0.2) is 0 Å². The van der Waals surface area contributed by atoms with Crippen molar-refractivity contribution in [3.8, 4) is 11.3 Å². The van der Waals surface area contributed by atoms with Crippen molar-refractivity contribution in [1.29, 1.82) is 0 Å². The van der Waals surface area contributed by atoms with Crippen molar-refractivity contribution in [1.82, 2.24) is 20.1 Å². The lowest BCUT2D eigenvalue weighted by Gasteiger charge is -2.36. The number of ether oxygens (including phenoxy) is 1. The van der Waals surface area contributed by atoms with E-state index in [0.717, 1.165) is 23.4 Å². The highest BCUT2D eigenvalue weighted by Crippen LogP contribution is 2.26. The first-order valence-corrected chi connectivity index (χ1v) is 14.2. The number of carbonyl (C=O) groups is 2. The van der Waals surface area contributed by atoms with E-state index in [0.29, 0.717) is 37.4 Å². The first-order valence-electron chi connectivity index (χ1n) is 12.7. The number of amides is 2. The summed E-state index contributed by atoms with van der Waals surface area (Å²) < 4.78 is 44.3. The van der Waals surface area contributed by atoms with Crippen molar-refractivity contribution in [2.75, 3.05) is 31.1 Å². The van der Waals surface area contributed by atoms with Crippen LogP contribution in [0, 0.1) is 12.7 Å². The second kappa shape index (κ2) is 11.6. The lowest BCUT2D eigenvalue weighted by atomic mass is 10.0. The third kappa shape index (κ3) is 7.13. The van der Waals surface area contributed by atoms with Gasteiger partial charge in [-0.2, -0.15) is 0 Å². The minimum absolute atomic E-state index is 0.199. The maximum atomic E-state index is 13.9. The van der Waals surface area contributed by atoms with Crippen LogP contribution in [0.4, 0.5) is 14.9 Å². The molecule has 0 unspecified atom stereocenters. The summed E-state index contributed by atoms with van der Waals surface area (Å²) in [5.74, 6) is -1.64. The zero-order chi connectivity index (χ0) is 29.1. The first kappa shape index (κ1) is 29.0. The van der Waals surface area contributed by atoms with E-state index in [9.17, 15) is 22.4 Å². The summed E-state index contributed by atoms with van der Waals surface area (Å²) in [6.45, 7) is 9.59. The maximum absolute atomic E-state index is 13.9. The van der Waals surface area contributed by atoms with Gasteiger partial charge in [-0.15, -0.1) is 4.83 Å². The molecule has 2 aromatic carbocycles. The van der Waals surface area contributed by atoms with Crippen molar-refractivity contribution < 1.29 is 27.1 Å². The Bertz CT molecular complexity index is 1520. The molecule has 10 nitrogen and oxygen atoms in total. The molecule has 2 amide bonds. The van der Waals surface area contributed by atoms with Crippen molar-refractivity contribution in [2.24, 2.45) is 0 Å². The van der Waals surface area contributed by atoms with E-state index < -0.39 is 32.2 Å². The standard InChI is InChI=1S/C28H32FN5O5S/c1-19-15-20(17-21(16-19)26(35)31-32-40(37,38)25-8-6-5-7-23(25)29)24-18-22(9-10-30-24)33-11-13-34(14-12-33)27(36)39-28(2,3)4/h5-10,15-18,32H,11-14H2,1-4H3,(H,31,35). The average Bonchev–Trinajstić information content (AvgIpc) is 2.91. The van der Waals surface area contributed by atoms with Crippen LogP contribution in [0.15, 0.2) is 65.7 Å². The normalized spacial score (nSPS) is 14.1. The number of nitrogens with one attached hydrogen (secondary N) is 2. The summed E-state index contributed by atoms with van der Waals surface area (Å²) >= 11 is 0. The van der Waals surface area contributed by atoms with E-state index in [-0.39, 0.29) is 11.7 Å². The third-order valence-corrected chi connectivity index (χ3v) is 7.38. The number of aromatic nitrogens is 1. The number of pyridine rings is 1. The number of carbonyl (C=O) groups excluding carboxylic acids is 2. The molecule has 0 aliphatic carbocycles. The molecule has 1 aromatic heterocycles. The minimum Gasteiger partial charge on any atom is -0.444 e. The average molecular weight is 570 g/mol. The van der Waals surface area contributed by atoms with Crippen LogP contribution in [-0.2, 0) is 14.8 Å². The Morgan fingerprint density at radius 2 is 1.70 bits per heavy atom. The monoisotopic (exact) mass is 569 g/mol. The van der Waals surface area contributed by atoms with Gasteiger partial charge in [0, 0.05) is 49.2 Å². The maximum Gasteiger partial charge on any atom is 0.410 e. The van der Waals surface area contributed by atoms with Gasteiger partial charge in [0.2, 0.25) is 0 Å². The van der Waals surface area contributed by atoms with Gasteiger partial charge < -0.3 is 14.5 Å². The topological polar surface area (TPSA) is 121 Å². The van der Waals surface area contributed by atoms with Crippen LogP contribution >= 0.6 is 0 Å². The second-order valence-electron chi connectivity index (χ2n) is 10.4. The van der Waals surface area contributed by atoms with E-state index in [4.69, 9.17) is 4.74 Å². The summed E-state index contributed by atoms with van der Waals surface area (Å²) in [6.07, 6.45) is 1.35. The summed E-state index contributed by atoms with van der Waals surface area (Å²) in [6, 6.07) is 13.7. The van der Waals surface area contributed by atoms with Gasteiger partial charge in [0.05, 0.1) is 5.69 Å². The smallest absolute Gasteiger partial charge is 0.410 e. The molecule has 2 N–H and O–H groups in total. The predicted molar refractivity (Wildman–Crippen MR) is 149 cm³/mol. The highest BCUT2D eigenvalue weighted by Gasteiger charge is 2.26. The molecule has 0 radical (unpaired) electrons. The molecule has 212 valence electrons. The van der Waals surface area contributed by atoms with E-state index in [1.165, 1.54) is 12.1 Å². The zero-order valence-electron chi connectivity index (χ0n) is 22.8. The fourth-order valence-electron chi connectivity index (χ4n) is 4.21. The number of halogens is 1. The molecule has 2 heterocycles. The molecule has 40 heavy (non-hydrogen) atoms. The molecule has 12 heteroatoms. The molecule has 0 bridgehead atoms. The Morgan fingerprint density at radius 3 is 2.38 bits per heavy atom. The molecule has 0 atom stereocenters. The van der Waals surface area contributed by atoms with Crippen LogP contribution in [0.1, 0.15) is 36.7 Å². The number of rotatable bonds is 6. The van der Waals surface area contributed by atoms with Gasteiger partial charge in [0.25, 0.3) is 15.9 Å². The predicted octanol–water partition coefficient (Wildman–Crippen LogP) is 3.88. The van der Waals surface area contributed by atoms with Crippen LogP contribution in [0.2, 0.25) is 0 Å². The Balaban J connectivity index is 1.45. The summed E-state index contributed by atoms with van der Waals surface area (Å²) in [5, 5.41) is 0. The number of anilines is 1. The largest absolute Gasteiger partial charge is 0.444 e. The molecular formula is C28H32FN5O5S. The molecule has 0 spiro atoms. The summed E-state index contributed by atoms with van der Waals surface area (Å²) in [5.41, 5.74) is 4.75. The lowest BCUT2D eigenvalue weighted by Crippen LogP contribution is -2.50. The SMILES string of the molecule is Cc1cc(C(=O)NNS(=O)(=O)c2ccccc2F)cc(-c2cc(N3CCN(C(=O)OC(C)(C)C)CC3)ccn2)c1. The fourth-order valence-corrected chi connectivity index (χ4v) is 5.13. The van der Waals surface area contributed by atoms with Crippen molar-refractivity contribution in [3.05, 3.63) is 77.7 Å². The molecule has 1 aliphatic rings. The molecule has 1 aliphatic heterocycles. The van der Waals surface area contributed by atoms with Crippen LogP contribution in [0.25, 0.3) is 11.3 Å². The molecule has 3 aromatic rings. The quantitative estimate of drug-likeness (QED) is 0.432.